The Bertz CT molecular complexity index is 612. The van der Waals surface area contributed by atoms with Crippen LogP contribution >= 0.6 is 0 Å². The minimum absolute atomic E-state index is 0. The van der Waals surface area contributed by atoms with Gasteiger partial charge in [0.25, 0.3) is 0 Å². The van der Waals surface area contributed by atoms with E-state index in [9.17, 15) is 0 Å². The Balaban J connectivity index is -0.0000000797. The van der Waals surface area contributed by atoms with Gasteiger partial charge < -0.3 is 44.6 Å². The van der Waals surface area contributed by atoms with Gasteiger partial charge in [-0.2, -0.15) is 0 Å². The summed E-state index contributed by atoms with van der Waals surface area (Å²) in [6.07, 6.45) is 32.8. The molecule has 40 heavy (non-hydrogen) atoms. The molecule has 2 fully saturated rings. The van der Waals surface area contributed by atoms with Crippen molar-refractivity contribution in [1.82, 2.24) is 0 Å². The van der Waals surface area contributed by atoms with Crippen molar-refractivity contribution in [2.24, 2.45) is 33.5 Å². The third-order valence-electron chi connectivity index (χ3n) is 8.43. The van der Waals surface area contributed by atoms with Crippen LogP contribution in [0.15, 0.2) is 48.6 Å². The third-order valence-corrected chi connectivity index (χ3v) is 8.43. The monoisotopic (exact) mass is 646 g/mol. The Morgan fingerprint density at radius 1 is 0.400 bits per heavy atom. The van der Waals surface area contributed by atoms with Crippen molar-refractivity contribution in [2.75, 3.05) is 0 Å². The van der Waals surface area contributed by atoms with Crippen molar-refractivity contribution < 1.29 is 33.6 Å². The number of hydrogen-bond donors (Lipinski definition) is 0. The molecular weight excluding hydrogens is 574 g/mol. The van der Waals surface area contributed by atoms with E-state index in [2.05, 4.69) is 104 Å². The molecule has 242 valence electrons. The van der Waals surface area contributed by atoms with Crippen LogP contribution in [0, 0.1) is 78.1 Å². The number of hydrogen-bond acceptors (Lipinski definition) is 0. The first kappa shape index (κ1) is 55.8. The second kappa shape index (κ2) is 24.4. The molecule has 2 heteroatoms. The molecule has 0 nitrogen and oxygen atoms in total. The zero-order chi connectivity index (χ0) is 23.9. The van der Waals surface area contributed by atoms with Gasteiger partial charge in [0, 0.05) is 0 Å². The van der Waals surface area contributed by atoms with E-state index >= 15 is 0 Å². The van der Waals surface area contributed by atoms with Crippen molar-refractivity contribution in [2.45, 2.75) is 120 Å². The van der Waals surface area contributed by atoms with Crippen molar-refractivity contribution in [3.05, 3.63) is 93.2 Å². The first-order chi connectivity index (χ1) is 14.8. The second-order valence-electron chi connectivity index (χ2n) is 13.6. The van der Waals surface area contributed by atoms with Gasteiger partial charge in [-0.15, -0.1) is 0 Å². The van der Waals surface area contributed by atoms with Gasteiger partial charge in [-0.05, 0) is 59.2 Å². The van der Waals surface area contributed by atoms with E-state index in [4.69, 9.17) is 0 Å². The molecule has 0 aromatic heterocycles. The molecular formula is C38H72Co2. The van der Waals surface area contributed by atoms with Gasteiger partial charge in [-0.3, -0.25) is 0 Å². The molecule has 2 atom stereocenters. The van der Waals surface area contributed by atoms with Crippen LogP contribution in [0.3, 0.4) is 0 Å². The van der Waals surface area contributed by atoms with Gasteiger partial charge in [-0.25, -0.2) is 0 Å². The Labute approximate surface area is 278 Å². The SMILES string of the molecule is CC1(C)C=CC=CC1C1C=CC=CC1(C)C.CC1(C)CCCCC1.CC1(C)CCCCC1.[CH3-].[CH3-].[CH3-].[CH3-].[CH3-].[CH3-].[Co+3].[Co+3]. The van der Waals surface area contributed by atoms with Gasteiger partial charge in [-0.1, -0.05) is 143 Å². The molecule has 0 radical (unpaired) electrons. The van der Waals surface area contributed by atoms with Gasteiger partial charge in [0.1, 0.15) is 0 Å². The quantitative estimate of drug-likeness (QED) is 0.249. The van der Waals surface area contributed by atoms with Gasteiger partial charge in [0.2, 0.25) is 0 Å². The van der Waals surface area contributed by atoms with Crippen molar-refractivity contribution in [1.29, 1.82) is 0 Å². The van der Waals surface area contributed by atoms with E-state index in [-0.39, 0.29) is 88.9 Å². The summed E-state index contributed by atoms with van der Waals surface area (Å²) in [6, 6.07) is 0. The number of rotatable bonds is 1. The fourth-order valence-electron chi connectivity index (χ4n) is 5.88. The minimum atomic E-state index is 0. The number of allylic oxidation sites excluding steroid dienone is 8. The van der Waals surface area contributed by atoms with E-state index in [1.807, 2.05) is 0 Å². The van der Waals surface area contributed by atoms with Crippen LogP contribution in [0.5, 0.6) is 0 Å². The smallest absolute Gasteiger partial charge is 0.358 e. The van der Waals surface area contributed by atoms with Gasteiger partial charge in [0.05, 0.1) is 0 Å². The average Bonchev–Trinajstić information content (AvgIpc) is 2.69. The maximum atomic E-state index is 2.38. The minimum Gasteiger partial charge on any atom is -0.358 e. The summed E-state index contributed by atoms with van der Waals surface area (Å²) in [6.45, 7) is 18.9. The normalized spacial score (nSPS) is 24.8. The van der Waals surface area contributed by atoms with Crippen molar-refractivity contribution >= 4 is 0 Å². The fraction of sp³-hybridized carbons (Fsp3) is 0.632. The molecule has 0 aromatic carbocycles. The third kappa shape index (κ3) is 19.2. The maximum Gasteiger partial charge on any atom is 3.00 e. The van der Waals surface area contributed by atoms with Crippen molar-refractivity contribution in [3.8, 4) is 0 Å². The molecule has 4 aliphatic rings. The van der Waals surface area contributed by atoms with Crippen LogP contribution in [-0.4, -0.2) is 0 Å². The Morgan fingerprint density at radius 2 is 0.650 bits per heavy atom. The first-order valence-electron chi connectivity index (χ1n) is 13.6. The summed E-state index contributed by atoms with van der Waals surface area (Å²) in [5.41, 5.74) is 1.87. The summed E-state index contributed by atoms with van der Waals surface area (Å²) in [5, 5.41) is 0. The molecule has 0 heterocycles. The second-order valence-corrected chi connectivity index (χ2v) is 13.6. The topological polar surface area (TPSA) is 0 Å². The fourth-order valence-corrected chi connectivity index (χ4v) is 5.88. The Morgan fingerprint density at radius 3 is 0.825 bits per heavy atom. The molecule has 0 aromatic rings. The molecule has 2 unspecified atom stereocenters. The molecule has 0 amide bonds. The summed E-state index contributed by atoms with van der Waals surface area (Å²) >= 11 is 0. The predicted molar refractivity (Wildman–Crippen MR) is 183 cm³/mol. The maximum absolute atomic E-state index is 2.38. The van der Waals surface area contributed by atoms with E-state index < -0.39 is 0 Å². The zero-order valence-electron chi connectivity index (χ0n) is 29.5. The Kier molecular flexibility index (Phi) is 34.1. The Hall–Kier alpha value is -0.0270. The molecule has 0 spiro atoms. The molecule has 4 aliphatic carbocycles. The summed E-state index contributed by atoms with van der Waals surface area (Å²) in [7, 11) is 0. The molecule has 0 aliphatic heterocycles. The largest absolute Gasteiger partial charge is 3.00 e. The molecule has 0 N–H and O–H groups in total. The van der Waals surface area contributed by atoms with Crippen LogP contribution in [-0.2, 0) is 33.6 Å². The van der Waals surface area contributed by atoms with Crippen LogP contribution in [0.2, 0.25) is 0 Å². The predicted octanol–water partition coefficient (Wildman–Crippen LogP) is 13.2. The van der Waals surface area contributed by atoms with Gasteiger partial charge in [0.15, 0.2) is 0 Å². The van der Waals surface area contributed by atoms with E-state index in [0.717, 1.165) is 0 Å². The first-order valence-corrected chi connectivity index (χ1v) is 13.6. The summed E-state index contributed by atoms with van der Waals surface area (Å²) < 4.78 is 0. The molecule has 0 saturated heterocycles. The van der Waals surface area contributed by atoms with E-state index in [1.54, 1.807) is 0 Å². The summed E-state index contributed by atoms with van der Waals surface area (Å²) in [5.74, 6) is 1.18. The molecule has 2 saturated carbocycles. The van der Waals surface area contributed by atoms with Gasteiger partial charge >= 0.3 is 33.6 Å². The van der Waals surface area contributed by atoms with E-state index in [1.165, 1.54) is 64.2 Å². The zero-order valence-corrected chi connectivity index (χ0v) is 31.6. The average molecular weight is 647 g/mol. The van der Waals surface area contributed by atoms with Crippen molar-refractivity contribution in [3.63, 3.8) is 0 Å². The van der Waals surface area contributed by atoms with Crippen LogP contribution in [0.1, 0.15) is 120 Å². The molecule has 0 bridgehead atoms. The standard InChI is InChI=1S/C16H22.2C8H16.6CH3.2Co/c1-15(2)11-7-5-9-13(15)14-10-6-8-12-16(14,3)4;2*1-8(2)6-4-3-5-7-8;;;;;;;;/h5-14H,1-4H3;2*3-7H2,1-2H3;6*1H3;;/q;;;6*-1;2*+3. The molecule has 4 rings (SSSR count). The summed E-state index contributed by atoms with van der Waals surface area (Å²) in [4.78, 5) is 0. The van der Waals surface area contributed by atoms with E-state index in [0.29, 0.717) is 22.7 Å². The van der Waals surface area contributed by atoms with Crippen LogP contribution in [0.4, 0.5) is 0 Å². The van der Waals surface area contributed by atoms with Crippen LogP contribution < -0.4 is 0 Å². The van der Waals surface area contributed by atoms with Crippen LogP contribution in [0.25, 0.3) is 0 Å².